The van der Waals surface area contributed by atoms with Crippen LogP contribution in [-0.2, 0) is 4.79 Å². The third kappa shape index (κ3) is 4.47. The first-order valence-electron chi connectivity index (χ1n) is 7.51. The van der Waals surface area contributed by atoms with E-state index in [2.05, 4.69) is 15.9 Å². The van der Waals surface area contributed by atoms with Crippen molar-refractivity contribution in [1.82, 2.24) is 0 Å². The molecule has 2 aromatic rings. The number of hydrogen-bond donors (Lipinski definition) is 0. The van der Waals surface area contributed by atoms with E-state index in [1.165, 1.54) is 17.0 Å². The highest BCUT2D eigenvalue weighted by Gasteiger charge is 2.34. The standard InChI is InChI=1S/C18H10BrClN2O3S2/c19-14-3-1-2-4-15(14)21-17(23)16(27-18(21)26)10-12(20)9-11-5-7-13(8-6-11)22(24)25/h1-10H/b12-9-,16-10-. The fourth-order valence-corrected chi connectivity index (χ4v) is 4.36. The number of halogens is 2. The SMILES string of the molecule is O=C1/C(=C/C(Cl)=C/c2ccc([N+](=O)[O-])cc2)SC(=S)N1c1ccccc1Br. The maximum absolute atomic E-state index is 12.7. The predicted octanol–water partition coefficient (Wildman–Crippen LogP) is 5.89. The molecule has 27 heavy (non-hydrogen) atoms. The average Bonchev–Trinajstić information content (AvgIpc) is 2.89. The number of thioether (sulfide) groups is 1. The fraction of sp³-hybridized carbons (Fsp3) is 0. The lowest BCUT2D eigenvalue weighted by Crippen LogP contribution is -2.27. The van der Waals surface area contributed by atoms with Crippen LogP contribution >= 0.6 is 51.5 Å². The van der Waals surface area contributed by atoms with Crippen molar-refractivity contribution in [1.29, 1.82) is 0 Å². The molecule has 5 nitrogen and oxygen atoms in total. The summed E-state index contributed by atoms with van der Waals surface area (Å²) in [6.07, 6.45) is 3.16. The van der Waals surface area contributed by atoms with E-state index in [4.69, 9.17) is 23.8 Å². The highest BCUT2D eigenvalue weighted by atomic mass is 79.9. The largest absolute Gasteiger partial charge is 0.270 e. The number of carbonyl (C=O) groups excluding carboxylic acids is 1. The zero-order valence-electron chi connectivity index (χ0n) is 13.5. The molecule has 0 saturated carbocycles. The van der Waals surface area contributed by atoms with Crippen LogP contribution in [0, 0.1) is 10.1 Å². The molecule has 0 aliphatic carbocycles. The Balaban J connectivity index is 1.84. The lowest BCUT2D eigenvalue weighted by atomic mass is 10.2. The summed E-state index contributed by atoms with van der Waals surface area (Å²) in [5.74, 6) is -0.257. The van der Waals surface area contributed by atoms with Gasteiger partial charge in [-0.05, 0) is 57.9 Å². The van der Waals surface area contributed by atoms with Gasteiger partial charge in [0.1, 0.15) is 0 Å². The van der Waals surface area contributed by atoms with E-state index in [1.807, 2.05) is 18.2 Å². The summed E-state index contributed by atoms with van der Waals surface area (Å²) in [5.41, 5.74) is 1.35. The highest BCUT2D eigenvalue weighted by Crippen LogP contribution is 2.38. The number of nitrogens with zero attached hydrogens (tertiary/aromatic N) is 2. The zero-order chi connectivity index (χ0) is 19.6. The second kappa shape index (κ2) is 8.35. The van der Waals surface area contributed by atoms with Crippen LogP contribution in [0.5, 0.6) is 0 Å². The molecule has 3 rings (SSSR count). The number of non-ortho nitro benzene ring substituents is 1. The number of para-hydroxylation sites is 1. The number of rotatable bonds is 4. The van der Waals surface area contributed by atoms with Crippen molar-refractivity contribution in [3.05, 3.63) is 84.7 Å². The molecule has 1 aliphatic heterocycles. The molecular weight excluding hydrogens is 472 g/mol. The fourth-order valence-electron chi connectivity index (χ4n) is 2.33. The summed E-state index contributed by atoms with van der Waals surface area (Å²) < 4.78 is 1.17. The van der Waals surface area contributed by atoms with E-state index in [1.54, 1.807) is 30.4 Å². The molecule has 0 aromatic heterocycles. The summed E-state index contributed by atoms with van der Waals surface area (Å²) in [6, 6.07) is 13.3. The van der Waals surface area contributed by atoms with Crippen molar-refractivity contribution in [3.63, 3.8) is 0 Å². The van der Waals surface area contributed by atoms with Crippen molar-refractivity contribution in [2.45, 2.75) is 0 Å². The number of carbonyl (C=O) groups is 1. The summed E-state index contributed by atoms with van der Waals surface area (Å²) in [4.78, 5) is 24.8. The van der Waals surface area contributed by atoms with Crippen molar-refractivity contribution in [2.75, 3.05) is 4.90 Å². The number of anilines is 1. The zero-order valence-corrected chi connectivity index (χ0v) is 17.4. The maximum Gasteiger partial charge on any atom is 0.270 e. The van der Waals surface area contributed by atoms with Gasteiger partial charge in [-0.3, -0.25) is 19.8 Å². The molecule has 0 unspecified atom stereocenters. The molecule has 2 aromatic carbocycles. The van der Waals surface area contributed by atoms with Crippen molar-refractivity contribution in [2.24, 2.45) is 0 Å². The van der Waals surface area contributed by atoms with Gasteiger partial charge in [-0.25, -0.2) is 0 Å². The third-order valence-corrected chi connectivity index (χ3v) is 5.76. The molecule has 1 saturated heterocycles. The minimum absolute atomic E-state index is 0.00224. The van der Waals surface area contributed by atoms with Crippen molar-refractivity contribution in [3.8, 4) is 0 Å². The van der Waals surface area contributed by atoms with Crippen LogP contribution < -0.4 is 4.90 Å². The van der Waals surface area contributed by atoms with Gasteiger partial charge in [-0.1, -0.05) is 47.7 Å². The van der Waals surface area contributed by atoms with Crippen LogP contribution in [0.25, 0.3) is 6.08 Å². The van der Waals surface area contributed by atoms with Gasteiger partial charge in [0, 0.05) is 21.6 Å². The number of amides is 1. The summed E-state index contributed by atoms with van der Waals surface area (Å²) >= 11 is 16.2. The first-order valence-corrected chi connectivity index (χ1v) is 9.90. The number of nitro groups is 1. The second-order valence-electron chi connectivity index (χ2n) is 5.35. The van der Waals surface area contributed by atoms with Crippen LogP contribution in [0.4, 0.5) is 11.4 Å². The van der Waals surface area contributed by atoms with Gasteiger partial charge in [0.05, 0.1) is 15.5 Å². The molecule has 0 spiro atoms. The molecule has 1 fully saturated rings. The monoisotopic (exact) mass is 480 g/mol. The van der Waals surface area contributed by atoms with Crippen LogP contribution in [0.3, 0.4) is 0 Å². The summed E-state index contributed by atoms with van der Waals surface area (Å²) in [7, 11) is 0. The minimum atomic E-state index is -0.470. The molecular formula is C18H10BrClN2O3S2. The van der Waals surface area contributed by atoms with E-state index in [9.17, 15) is 14.9 Å². The molecule has 0 atom stereocenters. The molecule has 9 heteroatoms. The van der Waals surface area contributed by atoms with E-state index >= 15 is 0 Å². The Hall–Kier alpha value is -2.00. The summed E-state index contributed by atoms with van der Waals surface area (Å²) in [6.45, 7) is 0. The molecule has 0 bridgehead atoms. The second-order valence-corrected chi connectivity index (χ2v) is 8.31. The molecule has 1 amide bonds. The Morgan fingerprint density at radius 1 is 1.22 bits per heavy atom. The highest BCUT2D eigenvalue weighted by molar-refractivity contribution is 9.10. The Morgan fingerprint density at radius 2 is 1.89 bits per heavy atom. The van der Waals surface area contributed by atoms with Gasteiger partial charge in [0.15, 0.2) is 4.32 Å². The molecule has 1 heterocycles. The van der Waals surface area contributed by atoms with E-state index in [-0.39, 0.29) is 11.6 Å². The summed E-state index contributed by atoms with van der Waals surface area (Å²) in [5, 5.41) is 11.0. The maximum atomic E-state index is 12.7. The Morgan fingerprint density at radius 3 is 2.52 bits per heavy atom. The van der Waals surface area contributed by atoms with Crippen molar-refractivity contribution < 1.29 is 9.72 Å². The topological polar surface area (TPSA) is 63.4 Å². The van der Waals surface area contributed by atoms with Gasteiger partial charge in [0.25, 0.3) is 11.6 Å². The Labute approximate surface area is 178 Å². The van der Waals surface area contributed by atoms with Gasteiger partial charge in [-0.15, -0.1) is 0 Å². The van der Waals surface area contributed by atoms with Gasteiger partial charge in [-0.2, -0.15) is 0 Å². The van der Waals surface area contributed by atoms with E-state index in [0.717, 1.165) is 16.2 Å². The molecule has 0 radical (unpaired) electrons. The Bertz CT molecular complexity index is 1010. The first kappa shape index (κ1) is 19.8. The van der Waals surface area contributed by atoms with E-state index in [0.29, 0.717) is 25.5 Å². The normalized spacial score (nSPS) is 16.3. The van der Waals surface area contributed by atoms with Crippen molar-refractivity contribution >= 4 is 79.2 Å². The number of allylic oxidation sites excluding steroid dienone is 2. The minimum Gasteiger partial charge on any atom is -0.268 e. The van der Waals surface area contributed by atoms with Gasteiger partial charge < -0.3 is 0 Å². The lowest BCUT2D eigenvalue weighted by Gasteiger charge is -2.15. The first-order chi connectivity index (χ1) is 12.9. The van der Waals surface area contributed by atoms with Crippen LogP contribution in [0.2, 0.25) is 0 Å². The molecule has 1 aliphatic rings. The van der Waals surface area contributed by atoms with Crippen LogP contribution in [0.15, 0.2) is 69.0 Å². The lowest BCUT2D eigenvalue weighted by molar-refractivity contribution is -0.384. The number of hydrogen-bond acceptors (Lipinski definition) is 5. The number of thiocarbonyl (C=S) groups is 1. The predicted molar refractivity (Wildman–Crippen MR) is 117 cm³/mol. The van der Waals surface area contributed by atoms with Gasteiger partial charge >= 0.3 is 0 Å². The smallest absolute Gasteiger partial charge is 0.268 e. The third-order valence-electron chi connectivity index (χ3n) is 3.56. The average molecular weight is 482 g/mol. The van der Waals surface area contributed by atoms with Gasteiger partial charge in [0.2, 0.25) is 0 Å². The molecule has 136 valence electrons. The van der Waals surface area contributed by atoms with E-state index < -0.39 is 4.92 Å². The number of nitro benzene ring substituents is 1. The van der Waals surface area contributed by atoms with Crippen LogP contribution in [-0.4, -0.2) is 15.2 Å². The molecule has 0 N–H and O–H groups in total. The quantitative estimate of drug-likeness (QED) is 0.236. The van der Waals surface area contributed by atoms with Crippen LogP contribution in [0.1, 0.15) is 5.56 Å². The Kier molecular flexibility index (Phi) is 6.11. The number of benzene rings is 2.